The number of aromatic nitrogens is 2. The van der Waals surface area contributed by atoms with E-state index in [9.17, 15) is 0 Å². The van der Waals surface area contributed by atoms with Gasteiger partial charge in [0.2, 0.25) is 0 Å². The van der Waals surface area contributed by atoms with Gasteiger partial charge in [0.25, 0.3) is 0 Å². The molecule has 0 saturated heterocycles. The van der Waals surface area contributed by atoms with Gasteiger partial charge in [-0.05, 0) is 22.4 Å². The van der Waals surface area contributed by atoms with Gasteiger partial charge in [-0.3, -0.25) is 0 Å². The fraction of sp³-hybridized carbons (Fsp3) is 0.250. The first kappa shape index (κ1) is 7.09. The van der Waals surface area contributed by atoms with Crippen molar-refractivity contribution in [3.05, 3.63) is 18.2 Å². The molecule has 0 bridgehead atoms. The van der Waals surface area contributed by atoms with Gasteiger partial charge in [0.05, 0.1) is 5.69 Å². The summed E-state index contributed by atoms with van der Waals surface area (Å²) in [5.74, 6) is 0. The Kier molecular flexibility index (Phi) is 1.46. The first-order valence-corrected chi connectivity index (χ1v) is 3.59. The Hall–Kier alpha value is -1.58. The van der Waals surface area contributed by atoms with Gasteiger partial charge >= 0.3 is 0 Å². The van der Waals surface area contributed by atoms with Crippen LogP contribution in [0.25, 0.3) is 11.0 Å². The molecule has 0 spiro atoms. The summed E-state index contributed by atoms with van der Waals surface area (Å²) in [4.78, 5) is 1.96. The van der Waals surface area contributed by atoms with E-state index in [4.69, 9.17) is 0 Å². The summed E-state index contributed by atoms with van der Waals surface area (Å²) < 4.78 is 4.60. The first-order valence-electron chi connectivity index (χ1n) is 3.59. The molecule has 0 unspecified atom stereocenters. The highest BCUT2D eigenvalue weighted by Crippen LogP contribution is 2.20. The van der Waals surface area contributed by atoms with E-state index in [0.717, 1.165) is 11.2 Å². The SMILES string of the molecule is CN(C)c1cc[c]c2nonc12. The summed E-state index contributed by atoms with van der Waals surface area (Å²) >= 11 is 0. The van der Waals surface area contributed by atoms with Crippen LogP contribution in [-0.2, 0) is 0 Å². The summed E-state index contributed by atoms with van der Waals surface area (Å²) in [7, 11) is 3.90. The highest BCUT2D eigenvalue weighted by atomic mass is 16.6. The minimum absolute atomic E-state index is 0.668. The minimum atomic E-state index is 0.668. The average molecular weight is 162 g/mol. The van der Waals surface area contributed by atoms with Crippen molar-refractivity contribution in [1.29, 1.82) is 0 Å². The van der Waals surface area contributed by atoms with Gasteiger partial charge in [0, 0.05) is 20.2 Å². The van der Waals surface area contributed by atoms with Crippen LogP contribution in [0.2, 0.25) is 0 Å². The van der Waals surface area contributed by atoms with Crippen LogP contribution >= 0.6 is 0 Å². The van der Waals surface area contributed by atoms with Gasteiger partial charge in [-0.15, -0.1) is 0 Å². The molecule has 4 nitrogen and oxygen atoms in total. The standard InChI is InChI=1S/C8H8N3O/c1-11(2)7-5-3-4-6-8(7)10-12-9-6/h3,5H,1-2H3. The van der Waals surface area contributed by atoms with E-state index >= 15 is 0 Å². The second-order valence-electron chi connectivity index (χ2n) is 2.72. The Morgan fingerprint density at radius 1 is 1.42 bits per heavy atom. The Morgan fingerprint density at radius 3 is 3.00 bits per heavy atom. The van der Waals surface area contributed by atoms with Crippen LogP contribution in [0, 0.1) is 6.07 Å². The van der Waals surface area contributed by atoms with Gasteiger partial charge < -0.3 is 4.90 Å². The lowest BCUT2D eigenvalue weighted by molar-refractivity contribution is 0.315. The molecule has 1 radical (unpaired) electrons. The van der Waals surface area contributed by atoms with E-state index < -0.39 is 0 Å². The van der Waals surface area contributed by atoms with Crippen LogP contribution < -0.4 is 4.90 Å². The molecular formula is C8H8N3O. The lowest BCUT2D eigenvalue weighted by Crippen LogP contribution is -2.08. The fourth-order valence-electron chi connectivity index (χ4n) is 1.09. The summed E-state index contributed by atoms with van der Waals surface area (Å²) in [5, 5.41) is 7.47. The maximum absolute atomic E-state index is 4.60. The van der Waals surface area contributed by atoms with Crippen LogP contribution in [-0.4, -0.2) is 24.4 Å². The van der Waals surface area contributed by atoms with Gasteiger partial charge in [-0.25, -0.2) is 4.63 Å². The molecule has 61 valence electrons. The fourth-order valence-corrected chi connectivity index (χ4v) is 1.09. The monoisotopic (exact) mass is 162 g/mol. The van der Waals surface area contributed by atoms with E-state index in [1.54, 1.807) is 0 Å². The zero-order chi connectivity index (χ0) is 8.55. The lowest BCUT2D eigenvalue weighted by atomic mass is 10.2. The Bertz CT molecular complexity index is 394. The van der Waals surface area contributed by atoms with Crippen molar-refractivity contribution >= 4 is 16.7 Å². The lowest BCUT2D eigenvalue weighted by Gasteiger charge is -2.10. The molecule has 2 rings (SSSR count). The summed E-state index contributed by atoms with van der Waals surface area (Å²) in [6.07, 6.45) is 0. The molecule has 1 aromatic carbocycles. The van der Waals surface area contributed by atoms with Crippen LogP contribution in [0.5, 0.6) is 0 Å². The molecule has 0 atom stereocenters. The molecule has 0 aliphatic heterocycles. The van der Waals surface area contributed by atoms with E-state index in [2.05, 4.69) is 21.0 Å². The Balaban J connectivity index is 2.73. The zero-order valence-electron chi connectivity index (χ0n) is 6.90. The third-order valence-electron chi connectivity index (χ3n) is 1.67. The van der Waals surface area contributed by atoms with Crippen LogP contribution in [0.3, 0.4) is 0 Å². The predicted octanol–water partition coefficient (Wildman–Crippen LogP) is 1.09. The minimum Gasteiger partial charge on any atom is -0.376 e. The van der Waals surface area contributed by atoms with Crippen molar-refractivity contribution in [2.24, 2.45) is 0 Å². The second-order valence-corrected chi connectivity index (χ2v) is 2.72. The van der Waals surface area contributed by atoms with Crippen LogP contribution in [0.1, 0.15) is 0 Å². The number of benzene rings is 1. The van der Waals surface area contributed by atoms with Crippen molar-refractivity contribution in [2.75, 3.05) is 19.0 Å². The Morgan fingerprint density at radius 2 is 2.25 bits per heavy atom. The number of nitrogens with zero attached hydrogens (tertiary/aromatic N) is 3. The molecule has 1 aromatic heterocycles. The molecule has 0 amide bonds. The van der Waals surface area contributed by atoms with Gasteiger partial charge in [-0.1, -0.05) is 0 Å². The van der Waals surface area contributed by atoms with Gasteiger partial charge in [-0.2, -0.15) is 0 Å². The molecule has 0 N–H and O–H groups in total. The molecule has 1 heterocycles. The summed E-state index contributed by atoms with van der Waals surface area (Å²) in [6.45, 7) is 0. The number of anilines is 1. The summed E-state index contributed by atoms with van der Waals surface area (Å²) in [6, 6.07) is 6.66. The largest absolute Gasteiger partial charge is 0.376 e. The van der Waals surface area contributed by atoms with Crippen molar-refractivity contribution in [3.63, 3.8) is 0 Å². The third-order valence-corrected chi connectivity index (χ3v) is 1.67. The van der Waals surface area contributed by atoms with Crippen molar-refractivity contribution in [3.8, 4) is 0 Å². The molecule has 2 aromatic rings. The van der Waals surface area contributed by atoms with E-state index in [1.807, 2.05) is 31.1 Å². The zero-order valence-corrected chi connectivity index (χ0v) is 6.90. The number of fused-ring (bicyclic) bond motifs is 1. The van der Waals surface area contributed by atoms with Crippen molar-refractivity contribution < 1.29 is 4.63 Å². The molecule has 0 aliphatic rings. The van der Waals surface area contributed by atoms with Gasteiger partial charge in [0.15, 0.2) is 5.52 Å². The first-order chi connectivity index (χ1) is 5.79. The normalized spacial score (nSPS) is 10.5. The number of hydrogen-bond acceptors (Lipinski definition) is 4. The van der Waals surface area contributed by atoms with Gasteiger partial charge in [0.1, 0.15) is 5.52 Å². The number of rotatable bonds is 1. The third kappa shape index (κ3) is 0.922. The molecule has 0 fully saturated rings. The second kappa shape index (κ2) is 2.48. The average Bonchev–Trinajstić information content (AvgIpc) is 2.49. The van der Waals surface area contributed by atoms with E-state index in [0.29, 0.717) is 5.52 Å². The predicted molar refractivity (Wildman–Crippen MR) is 45.0 cm³/mol. The smallest absolute Gasteiger partial charge is 0.159 e. The molecule has 4 heteroatoms. The highest BCUT2D eigenvalue weighted by molar-refractivity contribution is 5.86. The maximum atomic E-state index is 4.60. The topological polar surface area (TPSA) is 42.2 Å². The Labute approximate surface area is 69.7 Å². The molecule has 0 aliphatic carbocycles. The van der Waals surface area contributed by atoms with Crippen molar-refractivity contribution in [2.45, 2.75) is 0 Å². The molecule has 12 heavy (non-hydrogen) atoms. The van der Waals surface area contributed by atoms with E-state index in [1.165, 1.54) is 0 Å². The quantitative estimate of drug-likeness (QED) is 0.629. The van der Waals surface area contributed by atoms with Crippen LogP contribution in [0.15, 0.2) is 16.8 Å². The molecular weight excluding hydrogens is 154 g/mol. The number of hydrogen-bond donors (Lipinski definition) is 0. The maximum Gasteiger partial charge on any atom is 0.159 e. The molecule has 0 saturated carbocycles. The van der Waals surface area contributed by atoms with E-state index in [-0.39, 0.29) is 0 Å². The summed E-state index contributed by atoms with van der Waals surface area (Å²) in [5.41, 5.74) is 2.41. The van der Waals surface area contributed by atoms with Crippen molar-refractivity contribution in [1.82, 2.24) is 10.3 Å². The highest BCUT2D eigenvalue weighted by Gasteiger charge is 2.06. The van der Waals surface area contributed by atoms with Crippen LogP contribution in [0.4, 0.5) is 5.69 Å².